The number of unbranched alkanes of at least 4 members (excludes halogenated alkanes) is 3. The molecule has 1 saturated carbocycles. The van der Waals surface area contributed by atoms with E-state index in [4.69, 9.17) is 26.2 Å². The fourth-order valence-corrected chi connectivity index (χ4v) is 3.73. The van der Waals surface area contributed by atoms with Gasteiger partial charge in [0.25, 0.3) is 0 Å². The van der Waals surface area contributed by atoms with Crippen molar-refractivity contribution in [2.24, 2.45) is 17.6 Å². The van der Waals surface area contributed by atoms with Crippen LogP contribution < -0.4 is 5.73 Å². The molecule has 0 radical (unpaired) electrons. The molecule has 1 aliphatic rings. The highest BCUT2D eigenvalue weighted by Crippen LogP contribution is 2.37. The standard InChI is InChI=1S/C21H36O5.C4H11NO3/c1-3-4-9-13-21(2,26)14-12-17-16(18(22)15-19(17)23)10-7-5-6-8-11-20(24)25;5-4(1-6,2-7)3-8/h5,7,12,14,16-19,22-23,26H,3-4,6,8-11,13,15H2,1-2H3,(H,24,25);6-8H,1-3,5H2/b7-5-,14-12+;/t16-,17-,18+,19-,21?;/m1./s1. The SMILES string of the molecule is CCCCCC(C)(O)/C=C/[C@@H]1[C@@H](C/C=C\CCCC(=O)O)[C@@H](O)C[C@H]1O.NC(CO)(CO)CO. The van der Waals surface area contributed by atoms with Crippen molar-refractivity contribution in [2.75, 3.05) is 19.8 Å². The molecular weight excluding hydrogens is 442 g/mol. The third-order valence-electron chi connectivity index (χ3n) is 6.16. The van der Waals surface area contributed by atoms with Crippen molar-refractivity contribution in [3.63, 3.8) is 0 Å². The molecule has 1 fully saturated rings. The van der Waals surface area contributed by atoms with Crippen LogP contribution in [0, 0.1) is 11.8 Å². The Kier molecular flexibility index (Phi) is 16.5. The van der Waals surface area contributed by atoms with Gasteiger partial charge in [-0.2, -0.15) is 0 Å². The van der Waals surface area contributed by atoms with Crippen LogP contribution in [0.3, 0.4) is 0 Å². The first kappa shape index (κ1) is 32.7. The molecule has 200 valence electrons. The first-order valence-electron chi connectivity index (χ1n) is 12.2. The number of rotatable bonds is 15. The Hall–Kier alpha value is -1.33. The van der Waals surface area contributed by atoms with Crippen molar-refractivity contribution in [2.45, 2.75) is 95.0 Å². The predicted octanol–water partition coefficient (Wildman–Crippen LogP) is 1.09. The van der Waals surface area contributed by atoms with Gasteiger partial charge in [0.15, 0.2) is 0 Å². The molecule has 0 aliphatic heterocycles. The van der Waals surface area contributed by atoms with E-state index in [9.17, 15) is 20.1 Å². The Morgan fingerprint density at radius 1 is 1.03 bits per heavy atom. The molecule has 0 amide bonds. The monoisotopic (exact) mass is 489 g/mol. The summed E-state index contributed by atoms with van der Waals surface area (Å²) in [7, 11) is 0. The highest BCUT2D eigenvalue weighted by atomic mass is 16.4. The zero-order valence-corrected chi connectivity index (χ0v) is 20.7. The first-order valence-corrected chi connectivity index (χ1v) is 12.2. The molecular formula is C25H47NO8. The minimum Gasteiger partial charge on any atom is -0.481 e. The summed E-state index contributed by atoms with van der Waals surface area (Å²) < 4.78 is 0. The summed E-state index contributed by atoms with van der Waals surface area (Å²) in [6, 6.07) is 0. The summed E-state index contributed by atoms with van der Waals surface area (Å²) >= 11 is 0. The molecule has 0 bridgehead atoms. The molecule has 0 saturated heterocycles. The van der Waals surface area contributed by atoms with Crippen molar-refractivity contribution in [3.05, 3.63) is 24.3 Å². The Bertz CT molecular complexity index is 595. The van der Waals surface area contributed by atoms with E-state index in [0.717, 1.165) is 19.3 Å². The van der Waals surface area contributed by atoms with Crippen molar-refractivity contribution in [1.29, 1.82) is 0 Å². The fourth-order valence-electron chi connectivity index (χ4n) is 3.73. The van der Waals surface area contributed by atoms with Gasteiger partial charge in [-0.05, 0) is 38.5 Å². The molecule has 34 heavy (non-hydrogen) atoms. The Morgan fingerprint density at radius 3 is 2.15 bits per heavy atom. The van der Waals surface area contributed by atoms with Crippen LogP contribution in [-0.4, -0.2) is 84.9 Å². The lowest BCUT2D eigenvalue weighted by Gasteiger charge is -2.23. The molecule has 9 nitrogen and oxygen atoms in total. The topological polar surface area (TPSA) is 185 Å². The van der Waals surface area contributed by atoms with Gasteiger partial charge >= 0.3 is 5.97 Å². The predicted molar refractivity (Wildman–Crippen MR) is 131 cm³/mol. The minimum atomic E-state index is -1.21. The molecule has 0 aromatic heterocycles. The molecule has 0 aromatic rings. The third kappa shape index (κ3) is 13.5. The fraction of sp³-hybridized carbons (Fsp3) is 0.800. The average molecular weight is 490 g/mol. The summed E-state index contributed by atoms with van der Waals surface area (Å²) in [5.41, 5.74) is 3.05. The second kappa shape index (κ2) is 17.2. The van der Waals surface area contributed by atoms with Crippen molar-refractivity contribution in [1.82, 2.24) is 0 Å². The zero-order valence-electron chi connectivity index (χ0n) is 20.7. The molecule has 0 aromatic carbocycles. The maximum Gasteiger partial charge on any atom is 0.303 e. The summed E-state index contributed by atoms with van der Waals surface area (Å²) in [6.45, 7) is 2.70. The lowest BCUT2D eigenvalue weighted by Crippen LogP contribution is -2.50. The zero-order chi connectivity index (χ0) is 26.2. The van der Waals surface area contributed by atoms with Gasteiger partial charge < -0.3 is 41.5 Å². The van der Waals surface area contributed by atoms with E-state index < -0.39 is 49.1 Å². The van der Waals surface area contributed by atoms with E-state index >= 15 is 0 Å². The lowest BCUT2D eigenvalue weighted by molar-refractivity contribution is -0.137. The lowest BCUT2D eigenvalue weighted by atomic mass is 9.88. The number of hydrogen-bond donors (Lipinski definition) is 8. The van der Waals surface area contributed by atoms with E-state index in [0.29, 0.717) is 32.1 Å². The van der Waals surface area contributed by atoms with Crippen molar-refractivity contribution < 1.29 is 40.5 Å². The Balaban J connectivity index is 0.00000116. The third-order valence-corrected chi connectivity index (χ3v) is 6.16. The summed E-state index contributed by atoms with van der Waals surface area (Å²) in [4.78, 5) is 10.5. The van der Waals surface area contributed by atoms with Gasteiger partial charge in [0.2, 0.25) is 0 Å². The van der Waals surface area contributed by atoms with Gasteiger partial charge in [0, 0.05) is 18.8 Å². The number of carbonyl (C=O) groups is 1. The van der Waals surface area contributed by atoms with Gasteiger partial charge in [0.05, 0.1) is 43.2 Å². The smallest absolute Gasteiger partial charge is 0.303 e. The molecule has 0 heterocycles. The van der Waals surface area contributed by atoms with Crippen LogP contribution in [0.4, 0.5) is 0 Å². The summed E-state index contributed by atoms with van der Waals surface area (Å²) in [5, 5.41) is 64.6. The van der Waals surface area contributed by atoms with Crippen LogP contribution in [0.2, 0.25) is 0 Å². The van der Waals surface area contributed by atoms with Gasteiger partial charge in [-0.1, -0.05) is 50.5 Å². The van der Waals surface area contributed by atoms with Crippen LogP contribution in [-0.2, 0) is 4.79 Å². The highest BCUT2D eigenvalue weighted by Gasteiger charge is 2.39. The molecule has 9 heteroatoms. The van der Waals surface area contributed by atoms with Gasteiger partial charge in [-0.15, -0.1) is 0 Å². The molecule has 1 aliphatic carbocycles. The second-order valence-electron chi connectivity index (χ2n) is 9.61. The molecule has 1 rings (SSSR count). The number of aliphatic hydroxyl groups is 6. The first-order chi connectivity index (χ1) is 15.9. The van der Waals surface area contributed by atoms with Crippen LogP contribution >= 0.6 is 0 Å². The number of carboxylic acids is 1. The quantitative estimate of drug-likeness (QED) is 0.123. The number of hydrogen-bond acceptors (Lipinski definition) is 8. The van der Waals surface area contributed by atoms with Gasteiger partial charge in [-0.25, -0.2) is 0 Å². The molecule has 1 unspecified atom stereocenters. The maximum atomic E-state index is 10.5. The Morgan fingerprint density at radius 2 is 1.65 bits per heavy atom. The maximum absolute atomic E-state index is 10.5. The molecule has 5 atom stereocenters. The van der Waals surface area contributed by atoms with Crippen LogP contribution in [0.1, 0.15) is 71.6 Å². The second-order valence-corrected chi connectivity index (χ2v) is 9.61. The van der Waals surface area contributed by atoms with E-state index in [1.54, 1.807) is 13.0 Å². The van der Waals surface area contributed by atoms with Crippen LogP contribution in [0.25, 0.3) is 0 Å². The van der Waals surface area contributed by atoms with Crippen LogP contribution in [0.5, 0.6) is 0 Å². The number of aliphatic hydroxyl groups excluding tert-OH is 5. The van der Waals surface area contributed by atoms with Crippen LogP contribution in [0.15, 0.2) is 24.3 Å². The van der Waals surface area contributed by atoms with E-state index in [2.05, 4.69) is 6.92 Å². The average Bonchev–Trinajstić information content (AvgIpc) is 3.06. The molecule has 0 spiro atoms. The largest absolute Gasteiger partial charge is 0.481 e. The van der Waals surface area contributed by atoms with Gasteiger partial charge in [-0.3, -0.25) is 4.79 Å². The number of aliphatic carboxylic acids is 1. The van der Waals surface area contributed by atoms with Crippen molar-refractivity contribution >= 4 is 5.97 Å². The molecule has 9 N–H and O–H groups in total. The van der Waals surface area contributed by atoms with E-state index in [-0.39, 0.29) is 18.3 Å². The summed E-state index contributed by atoms with van der Waals surface area (Å²) in [6.07, 6.45) is 12.7. The Labute approximate surface area is 203 Å². The number of nitrogens with two attached hydrogens (primary N) is 1. The summed E-state index contributed by atoms with van der Waals surface area (Å²) in [5.74, 6) is -1.04. The number of allylic oxidation sites excluding steroid dienone is 2. The highest BCUT2D eigenvalue weighted by molar-refractivity contribution is 5.66. The van der Waals surface area contributed by atoms with Crippen molar-refractivity contribution in [3.8, 4) is 0 Å². The number of carboxylic acid groups (broad SMARTS) is 1. The van der Waals surface area contributed by atoms with E-state index in [1.165, 1.54) is 0 Å². The minimum absolute atomic E-state index is 0.0802. The van der Waals surface area contributed by atoms with Gasteiger partial charge in [0.1, 0.15) is 0 Å². The van der Waals surface area contributed by atoms with E-state index in [1.807, 2.05) is 18.2 Å². The normalized spacial score (nSPS) is 24.9.